The Bertz CT molecular complexity index is 1720. The van der Waals surface area contributed by atoms with Crippen LogP contribution in [-0.4, -0.2) is 51.2 Å². The van der Waals surface area contributed by atoms with Crippen LogP contribution < -0.4 is 9.03 Å². The summed E-state index contributed by atoms with van der Waals surface area (Å²) in [4.78, 5) is 8.69. The zero-order valence-electron chi connectivity index (χ0n) is 18.8. The van der Waals surface area contributed by atoms with Crippen LogP contribution in [0.15, 0.2) is 71.8 Å². The molecule has 9 nitrogen and oxygen atoms in total. The molecule has 2 heterocycles. The topological polar surface area (TPSA) is 113 Å². The minimum atomic E-state index is -4.11. The first-order valence-electron chi connectivity index (χ1n) is 10.6. The number of likely N-dealkylation sites (N-methyl/N-ethyl adjacent to an activating group) is 1. The van der Waals surface area contributed by atoms with E-state index in [0.717, 1.165) is 10.9 Å². The highest BCUT2D eigenvalue weighted by atomic mass is 35.5. The second-order valence-electron chi connectivity index (χ2n) is 8.07. The number of hydrogen-bond donors (Lipinski definition) is 1. The molecular weight excluding hydrogens is 545 g/mol. The first-order valence-corrected chi connectivity index (χ1v) is 14.3. The van der Waals surface area contributed by atoms with Crippen LogP contribution in [0.1, 0.15) is 0 Å². The lowest BCUT2D eigenvalue weighted by molar-refractivity contribution is 0.511. The molecule has 0 spiro atoms. The summed E-state index contributed by atoms with van der Waals surface area (Å²) < 4.78 is 56.0. The van der Waals surface area contributed by atoms with Crippen LogP contribution in [0, 0.1) is 0 Å². The van der Waals surface area contributed by atoms with E-state index in [0.29, 0.717) is 23.0 Å². The standard InChI is InChI=1S/C23H19Cl2N5O4S2/c1-29-10-11-30(36(29,33)34)17-7-9-22(20(25)13-17)35(31,32)28-16-6-8-19(24)18(12-16)23-26-14-15-4-2-3-5-21(15)27-23/h2-9,12-14,28H,10-11H2,1H3. The maximum atomic E-state index is 13.1. The van der Waals surface area contributed by atoms with Crippen LogP contribution >= 0.6 is 23.2 Å². The molecule has 1 aliphatic heterocycles. The van der Waals surface area contributed by atoms with Crippen LogP contribution in [0.3, 0.4) is 0 Å². The van der Waals surface area contributed by atoms with E-state index < -0.39 is 20.2 Å². The molecule has 0 amide bonds. The highest BCUT2D eigenvalue weighted by molar-refractivity contribution is 7.93. The number of aromatic nitrogens is 2. The smallest absolute Gasteiger partial charge is 0.280 e. The summed E-state index contributed by atoms with van der Waals surface area (Å²) in [6.07, 6.45) is 1.67. The summed E-state index contributed by atoms with van der Waals surface area (Å²) in [7, 11) is -6.30. The number of fused-ring (bicyclic) bond motifs is 1. The third kappa shape index (κ3) is 4.48. The second kappa shape index (κ2) is 9.16. The van der Waals surface area contributed by atoms with Crippen molar-refractivity contribution in [3.63, 3.8) is 0 Å². The molecule has 5 rings (SSSR count). The number of rotatable bonds is 5. The van der Waals surface area contributed by atoms with Gasteiger partial charge in [-0.15, -0.1) is 0 Å². The van der Waals surface area contributed by atoms with Crippen LogP contribution in [0.4, 0.5) is 11.4 Å². The maximum Gasteiger partial charge on any atom is 0.303 e. The van der Waals surface area contributed by atoms with Gasteiger partial charge in [-0.1, -0.05) is 41.4 Å². The molecule has 1 aliphatic rings. The molecule has 0 aliphatic carbocycles. The van der Waals surface area contributed by atoms with Gasteiger partial charge < -0.3 is 0 Å². The molecule has 3 aromatic carbocycles. The van der Waals surface area contributed by atoms with Gasteiger partial charge in [-0.25, -0.2) is 18.4 Å². The Balaban J connectivity index is 1.45. The van der Waals surface area contributed by atoms with Crippen LogP contribution in [0.25, 0.3) is 22.3 Å². The quantitative estimate of drug-likeness (QED) is 0.385. The SMILES string of the molecule is CN1CCN(c2ccc(S(=O)(=O)Nc3ccc(Cl)c(-c4ncc5ccccc5n4)c3)c(Cl)c2)S1(=O)=O. The van der Waals surface area contributed by atoms with Gasteiger partial charge in [-0.3, -0.25) is 9.03 Å². The minimum Gasteiger partial charge on any atom is -0.280 e. The predicted octanol–water partition coefficient (Wildman–Crippen LogP) is 4.40. The Kier molecular flexibility index (Phi) is 6.29. The van der Waals surface area contributed by atoms with E-state index in [1.165, 1.54) is 39.9 Å². The Morgan fingerprint density at radius 1 is 0.972 bits per heavy atom. The fraction of sp³-hybridized carbons (Fsp3) is 0.130. The number of hydrogen-bond acceptors (Lipinski definition) is 6. The van der Waals surface area contributed by atoms with E-state index in [4.69, 9.17) is 23.2 Å². The molecule has 13 heteroatoms. The van der Waals surface area contributed by atoms with E-state index in [-0.39, 0.29) is 27.8 Å². The van der Waals surface area contributed by atoms with Crippen molar-refractivity contribution in [2.24, 2.45) is 0 Å². The molecule has 0 unspecified atom stereocenters. The Labute approximate surface area is 218 Å². The number of nitrogens with one attached hydrogen (secondary N) is 1. The van der Waals surface area contributed by atoms with Gasteiger partial charge in [0.15, 0.2) is 5.82 Å². The zero-order valence-corrected chi connectivity index (χ0v) is 21.9. The molecule has 1 fully saturated rings. The fourth-order valence-electron chi connectivity index (χ4n) is 3.83. The lowest BCUT2D eigenvalue weighted by Crippen LogP contribution is -2.30. The fourth-order valence-corrected chi connectivity index (χ4v) is 6.96. The molecule has 36 heavy (non-hydrogen) atoms. The Hall–Kier alpha value is -2.96. The third-order valence-corrected chi connectivity index (χ3v) is 9.85. The van der Waals surface area contributed by atoms with Crippen LogP contribution in [0.5, 0.6) is 0 Å². The van der Waals surface area contributed by atoms with Gasteiger partial charge in [0.25, 0.3) is 10.0 Å². The molecule has 0 radical (unpaired) electrons. The summed E-state index contributed by atoms with van der Waals surface area (Å²) >= 11 is 12.7. The summed E-state index contributed by atoms with van der Waals surface area (Å²) in [6, 6.07) is 16.1. The lowest BCUT2D eigenvalue weighted by Gasteiger charge is -2.19. The van der Waals surface area contributed by atoms with Gasteiger partial charge in [-0.05, 0) is 42.5 Å². The number of sulfonamides is 1. The van der Waals surface area contributed by atoms with Gasteiger partial charge in [0, 0.05) is 43.0 Å². The Morgan fingerprint density at radius 2 is 1.75 bits per heavy atom. The van der Waals surface area contributed by atoms with Crippen molar-refractivity contribution in [3.05, 3.63) is 76.9 Å². The van der Waals surface area contributed by atoms with Crippen LogP contribution in [0.2, 0.25) is 10.0 Å². The predicted molar refractivity (Wildman–Crippen MR) is 141 cm³/mol. The molecule has 0 atom stereocenters. The first-order chi connectivity index (χ1) is 17.1. The summed E-state index contributed by atoms with van der Waals surface area (Å²) in [5.41, 5.74) is 1.69. The molecule has 186 valence electrons. The summed E-state index contributed by atoms with van der Waals surface area (Å²) in [5.74, 6) is 0.346. The van der Waals surface area contributed by atoms with E-state index >= 15 is 0 Å². The molecular formula is C23H19Cl2N5O4S2. The molecule has 1 N–H and O–H groups in total. The summed E-state index contributed by atoms with van der Waals surface area (Å²) in [5, 5.41) is 1.10. The number of para-hydroxylation sites is 1. The number of benzene rings is 3. The molecule has 1 saturated heterocycles. The summed E-state index contributed by atoms with van der Waals surface area (Å²) in [6.45, 7) is 0.561. The highest BCUT2D eigenvalue weighted by Crippen LogP contribution is 2.33. The molecule has 0 saturated carbocycles. The van der Waals surface area contributed by atoms with Crippen molar-refractivity contribution in [2.45, 2.75) is 4.90 Å². The van der Waals surface area contributed by atoms with Crippen molar-refractivity contribution in [1.82, 2.24) is 14.3 Å². The minimum absolute atomic E-state index is 0.114. The van der Waals surface area contributed by atoms with Crippen molar-refractivity contribution < 1.29 is 16.8 Å². The van der Waals surface area contributed by atoms with Crippen molar-refractivity contribution in [3.8, 4) is 11.4 Å². The average molecular weight is 564 g/mol. The average Bonchev–Trinajstić information content (AvgIpc) is 3.11. The van der Waals surface area contributed by atoms with Crippen molar-refractivity contribution in [1.29, 1.82) is 0 Å². The molecule has 4 aromatic rings. The number of anilines is 2. The van der Waals surface area contributed by atoms with E-state index in [2.05, 4.69) is 14.7 Å². The largest absolute Gasteiger partial charge is 0.303 e. The van der Waals surface area contributed by atoms with Crippen molar-refractivity contribution >= 4 is 65.7 Å². The van der Waals surface area contributed by atoms with Crippen molar-refractivity contribution in [2.75, 3.05) is 29.2 Å². The lowest BCUT2D eigenvalue weighted by atomic mass is 10.1. The van der Waals surface area contributed by atoms with Crippen LogP contribution in [-0.2, 0) is 20.2 Å². The van der Waals surface area contributed by atoms with E-state index in [9.17, 15) is 16.8 Å². The number of halogens is 2. The maximum absolute atomic E-state index is 13.1. The molecule has 0 bridgehead atoms. The zero-order chi connectivity index (χ0) is 25.7. The van der Waals surface area contributed by atoms with Gasteiger partial charge in [0.1, 0.15) is 4.90 Å². The Morgan fingerprint density at radius 3 is 2.47 bits per heavy atom. The first kappa shape index (κ1) is 24.7. The van der Waals surface area contributed by atoms with Gasteiger partial charge >= 0.3 is 10.2 Å². The molecule has 1 aromatic heterocycles. The number of nitrogens with zero attached hydrogens (tertiary/aromatic N) is 4. The van der Waals surface area contributed by atoms with E-state index in [1.54, 1.807) is 18.3 Å². The van der Waals surface area contributed by atoms with Gasteiger partial charge in [0.2, 0.25) is 0 Å². The van der Waals surface area contributed by atoms with Gasteiger partial charge in [0.05, 0.1) is 21.2 Å². The third-order valence-electron chi connectivity index (χ3n) is 5.73. The highest BCUT2D eigenvalue weighted by Gasteiger charge is 2.34. The second-order valence-corrected chi connectivity index (χ2v) is 12.5. The van der Waals surface area contributed by atoms with E-state index in [1.807, 2.05) is 24.3 Å². The normalized spacial score (nSPS) is 15.9. The van der Waals surface area contributed by atoms with Gasteiger partial charge in [-0.2, -0.15) is 12.7 Å². The monoisotopic (exact) mass is 563 g/mol.